The van der Waals surface area contributed by atoms with Gasteiger partial charge in [0.2, 0.25) is 15.9 Å². The second kappa shape index (κ2) is 8.39. The number of hydrogen-bond donors (Lipinski definition) is 1. The molecule has 1 N–H and O–H groups in total. The van der Waals surface area contributed by atoms with E-state index in [1.807, 2.05) is 6.92 Å². The van der Waals surface area contributed by atoms with Crippen LogP contribution in [0, 0.1) is 19.8 Å². The summed E-state index contributed by atoms with van der Waals surface area (Å²) in [7, 11) is -0.650. The van der Waals surface area contributed by atoms with Crippen LogP contribution in [-0.2, 0) is 14.8 Å². The molecule has 1 saturated heterocycles. The van der Waals surface area contributed by atoms with E-state index in [0.29, 0.717) is 36.7 Å². The second-order valence-corrected chi connectivity index (χ2v) is 9.50. The van der Waals surface area contributed by atoms with E-state index >= 15 is 0 Å². The molecule has 7 nitrogen and oxygen atoms in total. The van der Waals surface area contributed by atoms with Crippen molar-refractivity contribution >= 4 is 21.8 Å². The Bertz CT molecular complexity index is 826. The van der Waals surface area contributed by atoms with Gasteiger partial charge in [0, 0.05) is 46.2 Å². The van der Waals surface area contributed by atoms with E-state index in [0.717, 1.165) is 22.7 Å². The number of carbonyl (C=O) groups is 2. The van der Waals surface area contributed by atoms with E-state index in [4.69, 9.17) is 0 Å². The van der Waals surface area contributed by atoms with Crippen LogP contribution in [0.4, 0.5) is 0 Å². The maximum absolute atomic E-state index is 12.9. The highest BCUT2D eigenvalue weighted by atomic mass is 32.2. The largest absolute Gasteiger partial charge is 0.356 e. The van der Waals surface area contributed by atoms with Crippen molar-refractivity contribution in [3.8, 4) is 0 Å². The molecule has 2 rings (SSSR count). The molecule has 27 heavy (non-hydrogen) atoms. The number of likely N-dealkylation sites (tertiary alicyclic amines) is 1. The predicted octanol–water partition coefficient (Wildman–Crippen LogP) is 1.54. The zero-order valence-corrected chi connectivity index (χ0v) is 17.5. The van der Waals surface area contributed by atoms with Gasteiger partial charge >= 0.3 is 0 Å². The fourth-order valence-corrected chi connectivity index (χ4v) is 4.44. The average Bonchev–Trinajstić information content (AvgIpc) is 2.61. The van der Waals surface area contributed by atoms with Crippen LogP contribution in [0.1, 0.15) is 41.3 Å². The van der Waals surface area contributed by atoms with Gasteiger partial charge in [0.1, 0.15) is 0 Å². The smallest absolute Gasteiger partial charge is 0.253 e. The van der Waals surface area contributed by atoms with Crippen LogP contribution in [0.15, 0.2) is 17.0 Å². The quantitative estimate of drug-likeness (QED) is 0.819. The Labute approximate surface area is 161 Å². The Balaban J connectivity index is 2.18. The summed E-state index contributed by atoms with van der Waals surface area (Å²) in [4.78, 5) is 25.9. The van der Waals surface area contributed by atoms with Crippen LogP contribution in [0.2, 0.25) is 0 Å². The molecule has 0 bridgehead atoms. The third-order valence-corrected chi connectivity index (χ3v) is 7.11. The summed E-state index contributed by atoms with van der Waals surface area (Å²) in [5.41, 5.74) is 1.84. The van der Waals surface area contributed by atoms with Gasteiger partial charge in [-0.25, -0.2) is 12.7 Å². The zero-order chi connectivity index (χ0) is 20.4. The molecular formula is C19H29N3O4S. The Morgan fingerprint density at radius 2 is 1.78 bits per heavy atom. The number of sulfonamides is 1. The number of carbonyl (C=O) groups excluding carboxylic acids is 2. The minimum atomic E-state index is -3.62. The summed E-state index contributed by atoms with van der Waals surface area (Å²) in [6.07, 6.45) is 1.64. The van der Waals surface area contributed by atoms with Gasteiger partial charge in [-0.15, -0.1) is 0 Å². The molecule has 1 fully saturated rings. The third kappa shape index (κ3) is 4.87. The van der Waals surface area contributed by atoms with Crippen molar-refractivity contribution in [2.75, 3.05) is 33.7 Å². The highest BCUT2D eigenvalue weighted by Gasteiger charge is 2.27. The summed E-state index contributed by atoms with van der Waals surface area (Å²) in [5.74, 6) is 0.173. The highest BCUT2D eigenvalue weighted by molar-refractivity contribution is 7.89. The Kier molecular flexibility index (Phi) is 6.64. The first-order valence-electron chi connectivity index (χ1n) is 9.11. The lowest BCUT2D eigenvalue weighted by molar-refractivity contribution is -0.119. The molecule has 8 heteroatoms. The lowest BCUT2D eigenvalue weighted by Crippen LogP contribution is -2.41. The van der Waals surface area contributed by atoms with Crippen molar-refractivity contribution in [1.82, 2.24) is 14.5 Å². The number of nitrogens with zero attached hydrogens (tertiary/aromatic N) is 2. The Hall–Kier alpha value is -1.93. The molecule has 150 valence electrons. The molecule has 0 unspecified atom stereocenters. The van der Waals surface area contributed by atoms with Crippen molar-refractivity contribution in [1.29, 1.82) is 0 Å². The monoisotopic (exact) mass is 395 g/mol. The van der Waals surface area contributed by atoms with Crippen molar-refractivity contribution < 1.29 is 18.0 Å². The number of aryl methyl sites for hydroxylation is 1. The normalized spacial score (nSPS) is 15.9. The Morgan fingerprint density at radius 1 is 1.19 bits per heavy atom. The van der Waals surface area contributed by atoms with Gasteiger partial charge in [0.05, 0.1) is 4.90 Å². The Morgan fingerprint density at radius 3 is 2.30 bits per heavy atom. The maximum Gasteiger partial charge on any atom is 0.253 e. The van der Waals surface area contributed by atoms with E-state index < -0.39 is 10.0 Å². The standard InChI is InChI=1S/C19H29N3O4S/c1-13-10-17(11-18(14(13)2)27(25,26)21(4)5)19(24)22-8-6-16(7-9-22)12-20-15(3)23/h10-11,16H,6-9,12H2,1-5H3,(H,20,23). The number of rotatable bonds is 5. The lowest BCUT2D eigenvalue weighted by Gasteiger charge is -2.32. The number of piperidine rings is 1. The van der Waals surface area contributed by atoms with Gasteiger partial charge in [-0.1, -0.05) is 0 Å². The number of benzene rings is 1. The average molecular weight is 396 g/mol. The third-order valence-electron chi connectivity index (χ3n) is 5.17. The minimum absolute atomic E-state index is 0.0433. The van der Waals surface area contributed by atoms with Crippen molar-refractivity contribution in [3.05, 3.63) is 28.8 Å². The summed E-state index contributed by atoms with van der Waals surface area (Å²) >= 11 is 0. The number of hydrogen-bond acceptors (Lipinski definition) is 4. The van der Waals surface area contributed by atoms with Crippen LogP contribution in [0.5, 0.6) is 0 Å². The molecule has 0 atom stereocenters. The van der Waals surface area contributed by atoms with E-state index in [2.05, 4.69) is 5.32 Å². The number of amides is 2. The van der Waals surface area contributed by atoms with Crippen molar-refractivity contribution in [2.24, 2.45) is 5.92 Å². The first-order chi connectivity index (χ1) is 12.5. The fourth-order valence-electron chi connectivity index (χ4n) is 3.23. The van der Waals surface area contributed by atoms with Gasteiger partial charge in [0.25, 0.3) is 5.91 Å². The van der Waals surface area contributed by atoms with Gasteiger partial charge < -0.3 is 10.2 Å². The minimum Gasteiger partial charge on any atom is -0.356 e. The maximum atomic E-state index is 12.9. The molecule has 1 aliphatic heterocycles. The van der Waals surface area contributed by atoms with Crippen LogP contribution >= 0.6 is 0 Å². The van der Waals surface area contributed by atoms with Crippen LogP contribution in [-0.4, -0.2) is 63.2 Å². The summed E-state index contributed by atoms with van der Waals surface area (Å²) < 4.78 is 26.3. The zero-order valence-electron chi connectivity index (χ0n) is 16.7. The van der Waals surface area contributed by atoms with Crippen LogP contribution < -0.4 is 5.32 Å². The molecule has 1 aromatic carbocycles. The highest BCUT2D eigenvalue weighted by Crippen LogP contribution is 2.25. The molecule has 0 radical (unpaired) electrons. The first-order valence-corrected chi connectivity index (χ1v) is 10.6. The van der Waals surface area contributed by atoms with Crippen molar-refractivity contribution in [3.63, 3.8) is 0 Å². The predicted molar refractivity (Wildman–Crippen MR) is 104 cm³/mol. The van der Waals surface area contributed by atoms with E-state index in [9.17, 15) is 18.0 Å². The first kappa shape index (κ1) is 21.4. The molecule has 1 aromatic rings. The van der Waals surface area contributed by atoms with E-state index in [-0.39, 0.29) is 16.7 Å². The van der Waals surface area contributed by atoms with Gasteiger partial charge in [0.15, 0.2) is 0 Å². The van der Waals surface area contributed by atoms with E-state index in [1.54, 1.807) is 17.9 Å². The summed E-state index contributed by atoms with van der Waals surface area (Å²) in [6.45, 7) is 6.91. The lowest BCUT2D eigenvalue weighted by atomic mass is 9.96. The van der Waals surface area contributed by atoms with Gasteiger partial charge in [-0.2, -0.15) is 0 Å². The fraction of sp³-hybridized carbons (Fsp3) is 0.579. The molecule has 0 spiro atoms. The summed E-state index contributed by atoms with van der Waals surface area (Å²) in [6, 6.07) is 3.25. The molecule has 0 aliphatic carbocycles. The molecule has 0 saturated carbocycles. The summed E-state index contributed by atoms with van der Waals surface area (Å²) in [5, 5.41) is 2.83. The van der Waals surface area contributed by atoms with E-state index in [1.165, 1.54) is 27.1 Å². The molecule has 1 heterocycles. The van der Waals surface area contributed by atoms with Crippen molar-refractivity contribution in [2.45, 2.75) is 38.5 Å². The molecule has 0 aromatic heterocycles. The number of nitrogens with one attached hydrogen (secondary N) is 1. The SMILES string of the molecule is CC(=O)NCC1CCN(C(=O)c2cc(C)c(C)c(S(=O)(=O)N(C)C)c2)CC1. The van der Waals surface area contributed by atoms with Crippen LogP contribution in [0.25, 0.3) is 0 Å². The molecular weight excluding hydrogens is 366 g/mol. The molecule has 1 aliphatic rings. The second-order valence-electron chi connectivity index (χ2n) is 7.38. The topological polar surface area (TPSA) is 86.8 Å². The van der Waals surface area contributed by atoms with Gasteiger partial charge in [-0.3, -0.25) is 9.59 Å². The van der Waals surface area contributed by atoms with Crippen LogP contribution in [0.3, 0.4) is 0 Å². The molecule has 2 amide bonds. The van der Waals surface area contributed by atoms with Gasteiger partial charge in [-0.05, 0) is 55.9 Å².